The number of rotatable bonds is 3. The normalized spacial score (nSPS) is 14.5. The number of aromatic nitrogens is 2. The van der Waals surface area contributed by atoms with Crippen LogP contribution >= 0.6 is 12.2 Å². The van der Waals surface area contributed by atoms with Crippen molar-refractivity contribution in [2.45, 2.75) is 25.9 Å². The number of nitrogens with one attached hydrogen (secondary N) is 1. The van der Waals surface area contributed by atoms with Crippen molar-refractivity contribution in [3.05, 3.63) is 40.8 Å². The van der Waals surface area contributed by atoms with Crippen molar-refractivity contribution in [3.8, 4) is 17.0 Å². The van der Waals surface area contributed by atoms with Crippen molar-refractivity contribution in [2.24, 2.45) is 0 Å². The minimum absolute atomic E-state index is 0.435. The summed E-state index contributed by atoms with van der Waals surface area (Å²) in [6, 6.07) is 8.10. The maximum atomic E-state index is 5.73. The summed E-state index contributed by atoms with van der Waals surface area (Å²) >= 11 is 5.06. The number of aromatic amines is 1. The van der Waals surface area contributed by atoms with E-state index in [1.54, 1.807) is 6.20 Å². The Kier molecular flexibility index (Phi) is 2.88. The van der Waals surface area contributed by atoms with E-state index in [0.717, 1.165) is 22.6 Å². The highest BCUT2D eigenvalue weighted by Crippen LogP contribution is 2.28. The maximum absolute atomic E-state index is 5.73. The van der Waals surface area contributed by atoms with E-state index < -0.39 is 0 Å². The quantitative estimate of drug-likeness (QED) is 0.854. The Bertz CT molecular complexity index is 614. The molecule has 1 N–H and O–H groups in total. The standard InChI is InChI=1S/C14H14N2OS/c1-9-8-15-14(18)16-13(9)10-2-4-11(5-3-10)17-12-6-7-12/h2-5,8,12H,6-7H2,1H3,(H,15,16,18). The Morgan fingerprint density at radius 2 is 2.00 bits per heavy atom. The van der Waals surface area contributed by atoms with Gasteiger partial charge in [-0.2, -0.15) is 0 Å². The fourth-order valence-electron chi connectivity index (χ4n) is 1.84. The topological polar surface area (TPSA) is 37.9 Å². The average molecular weight is 258 g/mol. The first-order valence-corrected chi connectivity index (χ1v) is 6.46. The Hall–Kier alpha value is -1.68. The van der Waals surface area contributed by atoms with Crippen LogP contribution in [-0.4, -0.2) is 16.1 Å². The van der Waals surface area contributed by atoms with E-state index in [-0.39, 0.29) is 0 Å². The maximum Gasteiger partial charge on any atom is 0.197 e. The molecule has 0 unspecified atom stereocenters. The first-order valence-electron chi connectivity index (χ1n) is 6.05. The van der Waals surface area contributed by atoms with Crippen molar-refractivity contribution in [1.82, 2.24) is 9.97 Å². The molecule has 0 radical (unpaired) electrons. The van der Waals surface area contributed by atoms with Gasteiger partial charge in [0.15, 0.2) is 4.77 Å². The summed E-state index contributed by atoms with van der Waals surface area (Å²) < 4.78 is 6.24. The van der Waals surface area contributed by atoms with Gasteiger partial charge >= 0.3 is 0 Å². The zero-order valence-electron chi connectivity index (χ0n) is 10.1. The predicted octanol–water partition coefficient (Wildman–Crippen LogP) is 3.66. The van der Waals surface area contributed by atoms with Crippen LogP contribution in [0.4, 0.5) is 0 Å². The van der Waals surface area contributed by atoms with E-state index in [1.807, 2.05) is 31.2 Å². The fraction of sp³-hybridized carbons (Fsp3) is 0.286. The number of ether oxygens (including phenoxy) is 1. The molecule has 3 rings (SSSR count). The van der Waals surface area contributed by atoms with E-state index in [2.05, 4.69) is 9.97 Å². The van der Waals surface area contributed by atoms with Gasteiger partial charge in [0.25, 0.3) is 0 Å². The number of hydrogen-bond acceptors (Lipinski definition) is 3. The molecule has 0 atom stereocenters. The Morgan fingerprint density at radius 3 is 2.67 bits per heavy atom. The molecule has 0 bridgehead atoms. The van der Waals surface area contributed by atoms with Crippen LogP contribution in [0.15, 0.2) is 30.5 Å². The van der Waals surface area contributed by atoms with Gasteiger partial charge in [0, 0.05) is 6.20 Å². The molecule has 0 spiro atoms. The van der Waals surface area contributed by atoms with Crippen LogP contribution in [0, 0.1) is 11.7 Å². The molecular formula is C14H14N2OS. The Balaban J connectivity index is 1.91. The number of H-pyrrole nitrogens is 1. The third-order valence-corrected chi connectivity index (χ3v) is 3.18. The molecule has 1 saturated carbocycles. The monoisotopic (exact) mass is 258 g/mol. The van der Waals surface area contributed by atoms with Gasteiger partial charge in [0.2, 0.25) is 0 Å². The number of nitrogens with zero attached hydrogens (tertiary/aromatic N) is 1. The lowest BCUT2D eigenvalue weighted by atomic mass is 10.1. The van der Waals surface area contributed by atoms with E-state index in [1.165, 1.54) is 12.8 Å². The highest BCUT2D eigenvalue weighted by Gasteiger charge is 2.23. The second kappa shape index (κ2) is 4.53. The first-order chi connectivity index (χ1) is 8.72. The molecule has 18 heavy (non-hydrogen) atoms. The third-order valence-electron chi connectivity index (χ3n) is 2.97. The van der Waals surface area contributed by atoms with Crippen LogP contribution in [0.3, 0.4) is 0 Å². The summed E-state index contributed by atoms with van der Waals surface area (Å²) in [6.07, 6.45) is 4.59. The minimum atomic E-state index is 0.435. The lowest BCUT2D eigenvalue weighted by Gasteiger charge is -2.08. The lowest BCUT2D eigenvalue weighted by molar-refractivity contribution is 0.303. The van der Waals surface area contributed by atoms with Crippen LogP contribution in [0.25, 0.3) is 11.3 Å². The molecule has 1 aliphatic carbocycles. The molecule has 1 aromatic carbocycles. The van der Waals surface area contributed by atoms with E-state index >= 15 is 0 Å². The number of hydrogen-bond donors (Lipinski definition) is 1. The number of aryl methyl sites for hydroxylation is 1. The van der Waals surface area contributed by atoms with Gasteiger partial charge in [0.1, 0.15) is 5.75 Å². The second-order valence-electron chi connectivity index (χ2n) is 4.59. The lowest BCUT2D eigenvalue weighted by Crippen LogP contribution is -1.96. The molecule has 0 amide bonds. The molecule has 2 aromatic rings. The molecule has 1 heterocycles. The summed E-state index contributed by atoms with van der Waals surface area (Å²) in [4.78, 5) is 7.19. The van der Waals surface area contributed by atoms with Gasteiger partial charge in [-0.1, -0.05) is 0 Å². The summed E-state index contributed by atoms with van der Waals surface area (Å²) in [5, 5.41) is 0. The Morgan fingerprint density at radius 1 is 1.28 bits per heavy atom. The van der Waals surface area contributed by atoms with Gasteiger partial charge in [-0.15, -0.1) is 0 Å². The van der Waals surface area contributed by atoms with E-state index in [0.29, 0.717) is 10.9 Å². The first kappa shape index (κ1) is 11.4. The van der Waals surface area contributed by atoms with Gasteiger partial charge < -0.3 is 9.72 Å². The zero-order chi connectivity index (χ0) is 12.5. The van der Waals surface area contributed by atoms with Crippen molar-refractivity contribution >= 4 is 12.2 Å². The summed E-state index contributed by atoms with van der Waals surface area (Å²) in [5.74, 6) is 0.937. The third kappa shape index (κ3) is 2.43. The van der Waals surface area contributed by atoms with Crippen molar-refractivity contribution in [2.75, 3.05) is 0 Å². The van der Waals surface area contributed by atoms with Gasteiger partial charge in [-0.25, -0.2) is 4.98 Å². The average Bonchev–Trinajstić information content (AvgIpc) is 3.17. The van der Waals surface area contributed by atoms with Crippen molar-refractivity contribution in [3.63, 3.8) is 0 Å². The van der Waals surface area contributed by atoms with Crippen LogP contribution < -0.4 is 4.74 Å². The highest BCUT2D eigenvalue weighted by atomic mass is 32.1. The van der Waals surface area contributed by atoms with Crippen molar-refractivity contribution < 1.29 is 4.74 Å². The molecule has 0 aliphatic heterocycles. The second-order valence-corrected chi connectivity index (χ2v) is 4.97. The molecule has 92 valence electrons. The predicted molar refractivity (Wildman–Crippen MR) is 73.2 cm³/mol. The van der Waals surface area contributed by atoms with Crippen LogP contribution in [0.2, 0.25) is 0 Å². The van der Waals surface area contributed by atoms with Gasteiger partial charge in [0.05, 0.1) is 11.8 Å². The largest absolute Gasteiger partial charge is 0.490 e. The molecular weight excluding hydrogens is 244 g/mol. The van der Waals surface area contributed by atoms with Crippen LogP contribution in [0.1, 0.15) is 18.4 Å². The smallest absolute Gasteiger partial charge is 0.197 e. The summed E-state index contributed by atoms with van der Waals surface area (Å²) in [6.45, 7) is 2.02. The molecule has 1 fully saturated rings. The highest BCUT2D eigenvalue weighted by molar-refractivity contribution is 7.71. The fourth-order valence-corrected chi connectivity index (χ4v) is 1.99. The van der Waals surface area contributed by atoms with E-state index in [9.17, 15) is 0 Å². The Labute approximate surface area is 111 Å². The molecule has 3 nitrogen and oxygen atoms in total. The van der Waals surface area contributed by atoms with Gasteiger partial charge in [-0.05, 0) is 67.4 Å². The van der Waals surface area contributed by atoms with E-state index in [4.69, 9.17) is 17.0 Å². The minimum Gasteiger partial charge on any atom is -0.490 e. The summed E-state index contributed by atoms with van der Waals surface area (Å²) in [7, 11) is 0. The number of benzene rings is 1. The van der Waals surface area contributed by atoms with Gasteiger partial charge in [-0.3, -0.25) is 0 Å². The molecule has 1 aliphatic rings. The zero-order valence-corrected chi connectivity index (χ0v) is 11.0. The SMILES string of the molecule is Cc1cnc(=S)[nH]c1-c1ccc(OC2CC2)cc1. The van der Waals surface area contributed by atoms with Crippen LogP contribution in [-0.2, 0) is 0 Å². The molecule has 0 saturated heterocycles. The molecule has 1 aromatic heterocycles. The molecule has 4 heteroatoms. The van der Waals surface area contributed by atoms with Crippen LogP contribution in [0.5, 0.6) is 5.75 Å². The van der Waals surface area contributed by atoms with Crippen molar-refractivity contribution in [1.29, 1.82) is 0 Å². The summed E-state index contributed by atoms with van der Waals surface area (Å²) in [5.41, 5.74) is 3.21.